The first-order chi connectivity index (χ1) is 2.41. The normalized spacial score (nSPS) is 11.8. The summed E-state index contributed by atoms with van der Waals surface area (Å²) >= 11 is 0. The van der Waals surface area contributed by atoms with Crippen LogP contribution in [0.1, 0.15) is 0 Å². The molecule has 0 saturated carbocycles. The number of rotatable bonds is 1. The molecule has 2 N–H and O–H groups in total. The number of nitrogens with one attached hydrogen (secondary N) is 2. The second kappa shape index (κ2) is 2.40. The molecular formula is CH5N3. The van der Waals surface area contributed by atoms with Crippen LogP contribution in [-0.2, 0) is 0 Å². The van der Waals surface area contributed by atoms with E-state index in [1.807, 2.05) is 0 Å². The Kier molecular flexibility index (Phi) is 1.02. The summed E-state index contributed by atoms with van der Waals surface area (Å²) in [5.41, 5.74) is 4.91. The van der Waals surface area contributed by atoms with E-state index in [9.17, 15) is 0 Å². The highest BCUT2D eigenvalue weighted by Crippen LogP contribution is 1.32. The minimum Gasteiger partial charge on any atom is -0.295 e. The molecule has 0 aromatic rings. The van der Waals surface area contributed by atoms with Crippen molar-refractivity contribution >= 4 is 0 Å². The van der Waals surface area contributed by atoms with Crippen molar-refractivity contribution < 1.29 is 1.41 Å². The SMILES string of the molecule is [2H]N=NNC. The lowest BCUT2D eigenvalue weighted by molar-refractivity contribution is 0.783. The van der Waals surface area contributed by atoms with Gasteiger partial charge in [-0.05, 0) is 0 Å². The van der Waals surface area contributed by atoms with Gasteiger partial charge in [-0.1, -0.05) is 5.22 Å². The Balaban J connectivity index is 2.62. The maximum absolute atomic E-state index is 6.00. The van der Waals surface area contributed by atoms with E-state index in [0.717, 1.165) is 0 Å². The fraction of sp³-hybridized carbons (Fsp3) is 1.00. The average molecular weight is 60.1 g/mol. The van der Waals surface area contributed by atoms with Gasteiger partial charge in [-0.3, -0.25) is 5.43 Å². The molecule has 24 valence electrons. The lowest BCUT2D eigenvalue weighted by atomic mass is 11.5. The Morgan fingerprint density at radius 2 is 3.25 bits per heavy atom. The Morgan fingerprint density at radius 1 is 2.50 bits per heavy atom. The van der Waals surface area contributed by atoms with Crippen LogP contribution in [0.15, 0.2) is 5.22 Å². The van der Waals surface area contributed by atoms with Crippen molar-refractivity contribution in [1.82, 2.24) is 5.43 Å². The van der Waals surface area contributed by atoms with Crippen LogP contribution in [-0.4, -0.2) is 7.05 Å². The molecule has 4 heavy (non-hydrogen) atoms. The Morgan fingerprint density at radius 3 is 3.25 bits per heavy atom. The van der Waals surface area contributed by atoms with Gasteiger partial charge in [-0.25, -0.2) is 0 Å². The van der Waals surface area contributed by atoms with Crippen molar-refractivity contribution in [1.29, 1.82) is 5.52 Å². The van der Waals surface area contributed by atoms with Gasteiger partial charge in [-0.2, -0.15) is 5.52 Å². The molecular weight excluding hydrogens is 54.0 g/mol. The van der Waals surface area contributed by atoms with Crippen LogP contribution in [0.25, 0.3) is 0 Å². The van der Waals surface area contributed by atoms with Crippen LogP contribution in [0.3, 0.4) is 0 Å². The summed E-state index contributed by atoms with van der Waals surface area (Å²) in [5, 5.41) is 3.01. The van der Waals surface area contributed by atoms with E-state index in [0.29, 0.717) is 0 Å². The first kappa shape index (κ1) is 1.69. The molecule has 0 bridgehead atoms. The van der Waals surface area contributed by atoms with E-state index < -0.39 is 0 Å². The van der Waals surface area contributed by atoms with Gasteiger partial charge in [0.05, 0.1) is 0 Å². The maximum Gasteiger partial charge on any atom is 0.215 e. The van der Waals surface area contributed by atoms with E-state index in [1.54, 1.807) is 7.05 Å². The van der Waals surface area contributed by atoms with Crippen molar-refractivity contribution in [3.05, 3.63) is 0 Å². The van der Waals surface area contributed by atoms with Crippen LogP contribution in [0.4, 0.5) is 0 Å². The molecule has 0 aromatic carbocycles. The lowest BCUT2D eigenvalue weighted by Gasteiger charge is -1.68. The van der Waals surface area contributed by atoms with Gasteiger partial charge in [0.25, 0.3) is 0 Å². The lowest BCUT2D eigenvalue weighted by Crippen LogP contribution is -1.87. The quantitative estimate of drug-likeness (QED) is 0.328. The number of hydrogen-bond acceptors (Lipinski definition) is 2. The summed E-state index contributed by atoms with van der Waals surface area (Å²) in [6, 6.07) is 0. The van der Waals surface area contributed by atoms with Crippen LogP contribution in [0, 0.1) is 5.52 Å². The zero-order valence-corrected chi connectivity index (χ0v) is 2.39. The van der Waals surface area contributed by atoms with Crippen molar-refractivity contribution in [3.63, 3.8) is 0 Å². The van der Waals surface area contributed by atoms with Gasteiger partial charge in [0.1, 0.15) is 0 Å². The topological polar surface area (TPSA) is 48.2 Å². The van der Waals surface area contributed by atoms with E-state index in [-0.39, 0.29) is 0 Å². The zero-order chi connectivity index (χ0) is 4.12. The van der Waals surface area contributed by atoms with Gasteiger partial charge in [-0.15, -0.1) is 0 Å². The Hall–Kier alpha value is -0.600. The van der Waals surface area contributed by atoms with Crippen LogP contribution >= 0.6 is 0 Å². The first-order valence-corrected chi connectivity index (χ1v) is 0.924. The van der Waals surface area contributed by atoms with E-state index in [2.05, 4.69) is 16.2 Å². The predicted octanol–water partition coefficient (Wildman–Crippen LogP) is 0.152. The second-order valence-corrected chi connectivity index (χ2v) is 0.324. The minimum atomic E-state index is 1.58. The number of hydrogen-bond donors (Lipinski definition) is 2. The molecule has 0 heterocycles. The molecule has 0 saturated heterocycles. The highest BCUT2D eigenvalue weighted by molar-refractivity contribution is 3.88. The standard InChI is InChI=1S/CH5N3/c1-3-4-2/h1H3,(H2,2,3)/i/hD. The monoisotopic (exact) mass is 60.1 g/mol. The summed E-state index contributed by atoms with van der Waals surface area (Å²) in [6.45, 7) is 0. The third kappa shape index (κ3) is 1.40. The van der Waals surface area contributed by atoms with Crippen molar-refractivity contribution in [2.75, 3.05) is 7.05 Å². The first-order valence-electron chi connectivity index (χ1n) is 1.37. The van der Waals surface area contributed by atoms with Gasteiger partial charge in [0.2, 0.25) is 1.41 Å². The Labute approximate surface area is 26.0 Å². The molecule has 0 amide bonds. The van der Waals surface area contributed by atoms with Crippen molar-refractivity contribution in [2.24, 2.45) is 5.22 Å². The number of nitrogens with zero attached hydrogens (tertiary/aromatic N) is 1. The molecule has 0 aliphatic heterocycles. The van der Waals surface area contributed by atoms with Crippen molar-refractivity contribution in [3.8, 4) is 0 Å². The van der Waals surface area contributed by atoms with Crippen molar-refractivity contribution in [2.45, 2.75) is 0 Å². The highest BCUT2D eigenvalue weighted by atomic mass is 15.3. The minimum absolute atomic E-state index is 1.58. The third-order valence-electron chi connectivity index (χ3n) is 0.100. The molecule has 0 spiro atoms. The molecule has 0 aliphatic carbocycles. The molecule has 0 unspecified atom stereocenters. The molecule has 3 heteroatoms. The highest BCUT2D eigenvalue weighted by Gasteiger charge is 1.36. The molecule has 3 nitrogen and oxygen atoms in total. The fourth-order valence-electron chi connectivity index (χ4n) is 0. The van der Waals surface area contributed by atoms with Gasteiger partial charge >= 0.3 is 0 Å². The van der Waals surface area contributed by atoms with E-state index in [4.69, 9.17) is 1.41 Å². The van der Waals surface area contributed by atoms with E-state index in [1.165, 1.54) is 0 Å². The maximum atomic E-state index is 6.00. The van der Waals surface area contributed by atoms with Gasteiger partial charge in [0, 0.05) is 7.05 Å². The molecule has 0 rings (SSSR count). The molecule has 0 radical (unpaired) electrons. The average Bonchev–Trinajstić information content (AvgIpc) is 1.41. The van der Waals surface area contributed by atoms with E-state index >= 15 is 0 Å². The van der Waals surface area contributed by atoms with Crippen LogP contribution < -0.4 is 5.43 Å². The summed E-state index contributed by atoms with van der Waals surface area (Å²) in [7, 11) is 1.58. The summed E-state index contributed by atoms with van der Waals surface area (Å²) < 4.78 is 6.00. The molecule has 0 atom stereocenters. The largest absolute Gasteiger partial charge is 0.295 e. The zero-order valence-electron chi connectivity index (χ0n) is 3.39. The molecule has 0 aliphatic rings. The van der Waals surface area contributed by atoms with Gasteiger partial charge in [0.15, 0.2) is 0 Å². The fourth-order valence-corrected chi connectivity index (χ4v) is 0. The van der Waals surface area contributed by atoms with Crippen LogP contribution in [0.2, 0.25) is 1.41 Å². The predicted molar refractivity (Wildman–Crippen MR) is 14.2 cm³/mol. The summed E-state index contributed by atoms with van der Waals surface area (Å²) in [4.78, 5) is 0. The Bertz CT molecular complexity index is 33.9. The third-order valence-corrected chi connectivity index (χ3v) is 0.100. The van der Waals surface area contributed by atoms with Gasteiger partial charge < -0.3 is 0 Å². The summed E-state index contributed by atoms with van der Waals surface area (Å²) in [6.07, 6.45) is 0. The molecule has 0 fully saturated rings. The van der Waals surface area contributed by atoms with Crippen LogP contribution in [0.5, 0.6) is 0 Å². The molecule has 0 aromatic heterocycles. The summed E-state index contributed by atoms with van der Waals surface area (Å²) in [5.74, 6) is 0. The second-order valence-electron chi connectivity index (χ2n) is 0.324. The smallest absolute Gasteiger partial charge is 0.215 e.